The first-order valence-electron chi connectivity index (χ1n) is 8.84. The first-order chi connectivity index (χ1) is 13.3. The van der Waals surface area contributed by atoms with Crippen LogP contribution < -0.4 is 4.74 Å². The van der Waals surface area contributed by atoms with Gasteiger partial charge in [0.25, 0.3) is 19.7 Å². The Balaban J connectivity index is 2.22. The number of hydrogen-bond acceptors (Lipinski definition) is 5. The van der Waals surface area contributed by atoms with Crippen molar-refractivity contribution < 1.29 is 26.4 Å². The zero-order chi connectivity index (χ0) is 20.6. The summed E-state index contributed by atoms with van der Waals surface area (Å²) in [5.74, 6) is 0.476. The largest absolute Gasteiger partial charge is 0.504 e. The van der Waals surface area contributed by atoms with Crippen LogP contribution in [0.3, 0.4) is 0 Å². The molecule has 0 fully saturated rings. The van der Waals surface area contributed by atoms with E-state index in [1.54, 1.807) is 6.07 Å². The molecule has 0 saturated carbocycles. The molecule has 9 heteroatoms. The van der Waals surface area contributed by atoms with Crippen LogP contribution in [0.2, 0.25) is 0 Å². The first-order valence-corrected chi connectivity index (χ1v) is 11.8. The molecular weight excluding hydrogens is 400 g/mol. The minimum absolute atomic E-state index is 0.279. The molecule has 0 amide bonds. The molecule has 2 aromatic carbocycles. The summed E-state index contributed by atoms with van der Waals surface area (Å²) in [6.45, 7) is 2.62. The topological polar surface area (TPSA) is 114 Å². The molecule has 2 aromatic rings. The molecule has 0 aromatic heterocycles. The zero-order valence-corrected chi connectivity index (χ0v) is 17.1. The van der Waals surface area contributed by atoms with Crippen LogP contribution in [0.5, 0.6) is 5.75 Å². The van der Waals surface area contributed by atoms with Gasteiger partial charge in [0.2, 0.25) is 0 Å². The van der Waals surface area contributed by atoms with Crippen molar-refractivity contribution in [3.8, 4) is 5.75 Å². The molecule has 0 aliphatic carbocycles. The molecule has 0 atom stereocenters. The van der Waals surface area contributed by atoms with Crippen molar-refractivity contribution in [1.29, 1.82) is 0 Å². The van der Waals surface area contributed by atoms with E-state index in [1.807, 2.05) is 0 Å². The second-order valence-corrected chi connectivity index (χ2v) is 10.1. The second kappa shape index (κ2) is 9.64. The fourth-order valence-corrected chi connectivity index (χ4v) is 5.85. The normalized spacial score (nSPS) is 11.6. The quantitative estimate of drug-likeness (QED) is 0.212. The van der Waals surface area contributed by atoms with Crippen LogP contribution in [0.1, 0.15) is 32.6 Å². The van der Waals surface area contributed by atoms with Crippen molar-refractivity contribution in [3.63, 3.8) is 0 Å². The minimum atomic E-state index is -4.55. The summed E-state index contributed by atoms with van der Waals surface area (Å²) in [7, 11) is -9.06. The van der Waals surface area contributed by atoms with Crippen LogP contribution in [0.15, 0.2) is 64.4 Å². The predicted octanol–water partition coefficient (Wildman–Crippen LogP) is 3.48. The number of unbranched alkanes of at least 4 members (excludes halogenated alkanes) is 3. The van der Waals surface area contributed by atoms with Crippen molar-refractivity contribution in [2.24, 2.45) is 0 Å². The van der Waals surface area contributed by atoms with Crippen molar-refractivity contribution in [3.05, 3.63) is 60.1 Å². The van der Waals surface area contributed by atoms with Gasteiger partial charge in [-0.05, 0) is 42.8 Å². The monoisotopic (exact) mass is 422 g/mol. The van der Waals surface area contributed by atoms with Gasteiger partial charge < -0.3 is 10.3 Å². The van der Waals surface area contributed by atoms with E-state index in [1.165, 1.54) is 48.5 Å². The third-order valence-electron chi connectivity index (χ3n) is 4.00. The average Bonchev–Trinajstić information content (AvgIpc) is 2.69. The highest BCUT2D eigenvalue weighted by molar-refractivity contribution is 8.31. The Bertz CT molecular complexity index is 1040. The van der Waals surface area contributed by atoms with Crippen molar-refractivity contribution in [1.82, 2.24) is 0 Å². The summed E-state index contributed by atoms with van der Waals surface area (Å²) >= 11 is 0. The minimum Gasteiger partial charge on any atom is -0.494 e. The lowest BCUT2D eigenvalue weighted by molar-refractivity contribution is 0.00380. The van der Waals surface area contributed by atoms with Crippen LogP contribution in [-0.4, -0.2) is 32.6 Å². The molecule has 0 N–H and O–H groups in total. The Labute approximate surface area is 165 Å². The van der Waals surface area contributed by atoms with Gasteiger partial charge in [0.1, 0.15) is 5.75 Å². The Morgan fingerprint density at radius 1 is 0.857 bits per heavy atom. The van der Waals surface area contributed by atoms with Gasteiger partial charge in [-0.25, -0.2) is 16.8 Å². The highest BCUT2D eigenvalue weighted by Gasteiger charge is 2.43. The summed E-state index contributed by atoms with van der Waals surface area (Å²) < 4.78 is 54.8. The standard InChI is InChI=1S/C19H22N2O5S2/c1-2-3-4-8-15-26-16-11-13-18(14-12-16)28(24,25)19(21-20)27(22,23)17-9-6-5-7-10-17/h5-7,9-14H,2-4,8,15H2,1H3. The number of rotatable bonds is 8. The Hall–Kier alpha value is -2.48. The van der Waals surface area contributed by atoms with Crippen LogP contribution >= 0.6 is 0 Å². The molecule has 7 nitrogen and oxygen atoms in total. The summed E-state index contributed by atoms with van der Waals surface area (Å²) in [5.41, 5.74) is 9.17. The van der Waals surface area contributed by atoms with Crippen molar-refractivity contribution in [2.75, 3.05) is 6.61 Å². The maximum absolute atomic E-state index is 12.7. The third kappa shape index (κ3) is 5.07. The smallest absolute Gasteiger partial charge is 0.494 e. The summed E-state index contributed by atoms with van der Waals surface area (Å²) in [6.07, 6.45) is 4.19. The number of benzene rings is 2. The third-order valence-corrected chi connectivity index (χ3v) is 8.18. The summed E-state index contributed by atoms with van der Waals surface area (Å²) in [6, 6.07) is 12.3. The molecule has 0 radical (unpaired) electrons. The van der Waals surface area contributed by atoms with Gasteiger partial charge in [0.05, 0.1) is 16.4 Å². The number of nitrogens with zero attached hydrogens (tertiary/aromatic N) is 2. The molecule has 0 bridgehead atoms. The lowest BCUT2D eigenvalue weighted by Crippen LogP contribution is -2.26. The molecule has 150 valence electrons. The Morgan fingerprint density at radius 3 is 1.96 bits per heavy atom. The van der Waals surface area contributed by atoms with E-state index in [2.05, 4.69) is 11.7 Å². The summed E-state index contributed by atoms with van der Waals surface area (Å²) in [4.78, 5) is 2.01. The molecule has 0 aliphatic heterocycles. The predicted molar refractivity (Wildman–Crippen MR) is 106 cm³/mol. The second-order valence-electron chi connectivity index (χ2n) is 6.07. The lowest BCUT2D eigenvalue weighted by atomic mass is 10.2. The Kier molecular flexibility index (Phi) is 7.51. The van der Waals surface area contributed by atoms with Crippen molar-refractivity contribution >= 4 is 24.1 Å². The lowest BCUT2D eigenvalue weighted by Gasteiger charge is -2.07. The van der Waals surface area contributed by atoms with Crippen LogP contribution in [0.4, 0.5) is 0 Å². The number of sulfone groups is 2. The Morgan fingerprint density at radius 2 is 1.43 bits per heavy atom. The van der Waals surface area contributed by atoms with Crippen molar-refractivity contribution in [2.45, 2.75) is 42.4 Å². The van der Waals surface area contributed by atoms with Gasteiger partial charge in [-0.1, -0.05) is 44.4 Å². The van der Waals surface area contributed by atoms with Gasteiger partial charge in [-0.3, -0.25) is 0 Å². The number of hydrogen-bond donors (Lipinski definition) is 0. The molecule has 0 unspecified atom stereocenters. The van der Waals surface area contributed by atoms with E-state index in [-0.39, 0.29) is 9.79 Å². The van der Waals surface area contributed by atoms with E-state index in [0.717, 1.165) is 25.7 Å². The van der Waals surface area contributed by atoms with Crippen LogP contribution in [0, 0.1) is 0 Å². The zero-order valence-electron chi connectivity index (χ0n) is 15.5. The van der Waals surface area contributed by atoms with E-state index >= 15 is 0 Å². The molecule has 0 heterocycles. The molecule has 2 rings (SSSR count). The van der Waals surface area contributed by atoms with Gasteiger partial charge in [0, 0.05) is 0 Å². The molecule has 0 spiro atoms. The van der Waals surface area contributed by atoms with E-state index in [9.17, 15) is 16.8 Å². The van der Waals surface area contributed by atoms with Crippen LogP contribution in [0.25, 0.3) is 5.53 Å². The van der Waals surface area contributed by atoms with Crippen LogP contribution in [-0.2, 0) is 19.7 Å². The van der Waals surface area contributed by atoms with E-state index < -0.39 is 24.1 Å². The molecule has 28 heavy (non-hydrogen) atoms. The fourth-order valence-electron chi connectivity index (χ4n) is 2.49. The van der Waals surface area contributed by atoms with E-state index in [4.69, 9.17) is 10.3 Å². The highest BCUT2D eigenvalue weighted by atomic mass is 32.3. The van der Waals surface area contributed by atoms with Gasteiger partial charge >= 0.3 is 4.38 Å². The first kappa shape index (κ1) is 21.8. The highest BCUT2D eigenvalue weighted by Crippen LogP contribution is 2.22. The molecular formula is C19H22N2O5S2. The van der Waals surface area contributed by atoms with E-state index in [0.29, 0.717) is 12.4 Å². The van der Waals surface area contributed by atoms with Gasteiger partial charge in [-0.15, -0.1) is 4.79 Å². The summed E-state index contributed by atoms with van der Waals surface area (Å²) in [5, 5.41) is 0. The average molecular weight is 423 g/mol. The molecule has 0 saturated heterocycles. The maximum atomic E-state index is 12.7. The SMILES string of the molecule is CCCCCCOc1ccc(S(=O)(=O)C(=[N+]=[N-])S(=O)(=O)c2ccccc2)cc1. The van der Waals surface area contributed by atoms with Gasteiger partial charge in [-0.2, -0.15) is 0 Å². The number of ether oxygens (including phenoxy) is 1. The maximum Gasteiger partial charge on any atom is 0.504 e. The molecule has 0 aliphatic rings. The van der Waals surface area contributed by atoms with Gasteiger partial charge in [0.15, 0.2) is 0 Å². The fraction of sp³-hybridized carbons (Fsp3) is 0.316.